The second-order valence-electron chi connectivity index (χ2n) is 10.3. The number of rotatable bonds is 7. The number of anilines is 1. The van der Waals surface area contributed by atoms with Crippen LogP contribution in [-0.4, -0.2) is 80.1 Å². The normalized spacial score (nSPS) is 18.3. The van der Waals surface area contributed by atoms with Crippen molar-refractivity contribution in [3.05, 3.63) is 59.9 Å². The first kappa shape index (κ1) is 26.7. The Morgan fingerprint density at radius 2 is 2.00 bits per heavy atom. The molecule has 0 saturated carbocycles. The minimum atomic E-state index is -3.98. The standard InChI is InChI=1S/C26H32N8O4S/c1-30-10-7-29-25(30)39(37,38)34(15-19-5-8-32(9-6-19)26(35)36)22-12-21-11-20(13-27)3-4-24(21)33(16-22)17-23-14-28-18-31(23)2/h3-4,7,10-11,14,18-19,22H,5-6,8-9,12,15-17H2,1-2H3,(H,35,36). The summed E-state index contributed by atoms with van der Waals surface area (Å²) in [6, 6.07) is 7.34. The van der Waals surface area contributed by atoms with E-state index >= 15 is 0 Å². The van der Waals surface area contributed by atoms with Crippen LogP contribution in [0.2, 0.25) is 0 Å². The Labute approximate surface area is 227 Å². The van der Waals surface area contributed by atoms with Gasteiger partial charge in [-0.3, -0.25) is 0 Å². The smallest absolute Gasteiger partial charge is 0.407 e. The Bertz CT molecular complexity index is 1500. The van der Waals surface area contributed by atoms with Crippen molar-refractivity contribution < 1.29 is 18.3 Å². The quantitative estimate of drug-likeness (QED) is 0.470. The fourth-order valence-corrected chi connectivity index (χ4v) is 7.35. The highest BCUT2D eigenvalue weighted by Gasteiger charge is 2.40. The third-order valence-corrected chi connectivity index (χ3v) is 9.67. The lowest BCUT2D eigenvalue weighted by Crippen LogP contribution is -2.53. The van der Waals surface area contributed by atoms with Crippen molar-refractivity contribution in [1.82, 2.24) is 28.3 Å². The van der Waals surface area contributed by atoms with Crippen molar-refractivity contribution >= 4 is 21.8 Å². The van der Waals surface area contributed by atoms with Gasteiger partial charge in [-0.05, 0) is 48.9 Å². The number of imidazole rings is 2. The number of likely N-dealkylation sites (tertiary alicyclic amines) is 1. The van der Waals surface area contributed by atoms with Gasteiger partial charge in [0.15, 0.2) is 0 Å². The summed E-state index contributed by atoms with van der Waals surface area (Å²) >= 11 is 0. The number of hydrogen-bond donors (Lipinski definition) is 1. The molecule has 206 valence electrons. The molecule has 2 aromatic heterocycles. The molecule has 1 aromatic carbocycles. The molecule has 1 atom stereocenters. The molecule has 1 fully saturated rings. The topological polar surface area (TPSA) is 141 Å². The molecule has 0 radical (unpaired) electrons. The van der Waals surface area contributed by atoms with Gasteiger partial charge in [-0.2, -0.15) is 9.57 Å². The lowest BCUT2D eigenvalue weighted by molar-refractivity contribution is 0.118. The minimum Gasteiger partial charge on any atom is -0.465 e. The van der Waals surface area contributed by atoms with Crippen molar-refractivity contribution in [1.29, 1.82) is 5.26 Å². The lowest BCUT2D eigenvalue weighted by atomic mass is 9.93. The molecule has 4 heterocycles. The number of piperidine rings is 1. The molecule has 2 aliphatic heterocycles. The molecular weight excluding hydrogens is 520 g/mol. The van der Waals surface area contributed by atoms with Gasteiger partial charge in [-0.15, -0.1) is 0 Å². The molecule has 3 aromatic rings. The number of nitriles is 1. The molecule has 5 rings (SSSR count). The Kier molecular flexibility index (Phi) is 7.33. The van der Waals surface area contributed by atoms with E-state index in [1.807, 2.05) is 23.7 Å². The number of amides is 1. The molecule has 39 heavy (non-hydrogen) atoms. The zero-order valence-corrected chi connectivity index (χ0v) is 22.8. The first-order valence-electron chi connectivity index (χ1n) is 12.9. The third kappa shape index (κ3) is 5.35. The number of nitrogens with zero attached hydrogens (tertiary/aromatic N) is 8. The molecule has 0 spiro atoms. The molecule has 12 nitrogen and oxygen atoms in total. The second-order valence-corrected chi connectivity index (χ2v) is 12.1. The van der Waals surface area contributed by atoms with E-state index in [9.17, 15) is 23.6 Å². The number of fused-ring (bicyclic) bond motifs is 1. The van der Waals surface area contributed by atoms with E-state index in [1.165, 1.54) is 15.7 Å². The maximum Gasteiger partial charge on any atom is 0.407 e. The number of aryl methyl sites for hydroxylation is 2. The molecule has 1 N–H and O–H groups in total. The van der Waals surface area contributed by atoms with Gasteiger partial charge < -0.3 is 24.0 Å². The summed E-state index contributed by atoms with van der Waals surface area (Å²) in [5.74, 6) is 0.00741. The molecule has 13 heteroatoms. The summed E-state index contributed by atoms with van der Waals surface area (Å²) in [7, 11) is -0.401. The summed E-state index contributed by atoms with van der Waals surface area (Å²) < 4.78 is 33.3. The predicted molar refractivity (Wildman–Crippen MR) is 142 cm³/mol. The predicted octanol–water partition coefficient (Wildman–Crippen LogP) is 2.04. The van der Waals surface area contributed by atoms with Gasteiger partial charge in [0.25, 0.3) is 10.0 Å². The molecule has 1 saturated heterocycles. The van der Waals surface area contributed by atoms with Gasteiger partial charge in [0, 0.05) is 70.6 Å². The fourth-order valence-electron chi connectivity index (χ4n) is 5.58. The zero-order chi connectivity index (χ0) is 27.7. The number of sulfonamides is 1. The van der Waals surface area contributed by atoms with E-state index in [2.05, 4.69) is 20.9 Å². The highest BCUT2D eigenvalue weighted by Crippen LogP contribution is 2.34. The number of hydrogen-bond acceptors (Lipinski definition) is 7. The van der Waals surface area contributed by atoms with Crippen LogP contribution in [0.1, 0.15) is 29.7 Å². The maximum absolute atomic E-state index is 14.1. The van der Waals surface area contributed by atoms with E-state index in [0.29, 0.717) is 51.0 Å². The van der Waals surface area contributed by atoms with Crippen LogP contribution in [0.5, 0.6) is 0 Å². The molecule has 0 aliphatic carbocycles. The van der Waals surface area contributed by atoms with E-state index in [1.54, 1.807) is 36.1 Å². The fraction of sp³-hybridized carbons (Fsp3) is 0.462. The number of carbonyl (C=O) groups is 1. The average molecular weight is 553 g/mol. The first-order chi connectivity index (χ1) is 18.7. The average Bonchev–Trinajstić information content (AvgIpc) is 3.54. The largest absolute Gasteiger partial charge is 0.465 e. The van der Waals surface area contributed by atoms with E-state index in [0.717, 1.165) is 16.9 Å². The Hall–Kier alpha value is -3.89. The summed E-state index contributed by atoms with van der Waals surface area (Å²) in [6.45, 7) is 1.99. The van der Waals surface area contributed by atoms with Crippen LogP contribution in [0, 0.1) is 17.2 Å². The van der Waals surface area contributed by atoms with Crippen molar-refractivity contribution in [3.63, 3.8) is 0 Å². The van der Waals surface area contributed by atoms with Crippen LogP contribution in [0.3, 0.4) is 0 Å². The first-order valence-corrected chi connectivity index (χ1v) is 14.3. The van der Waals surface area contributed by atoms with Gasteiger partial charge in [0.1, 0.15) is 0 Å². The second kappa shape index (κ2) is 10.7. The van der Waals surface area contributed by atoms with Crippen LogP contribution < -0.4 is 4.90 Å². The molecule has 1 unspecified atom stereocenters. The summed E-state index contributed by atoms with van der Waals surface area (Å²) in [4.78, 5) is 23.4. The van der Waals surface area contributed by atoms with Gasteiger partial charge in [0.05, 0.1) is 30.2 Å². The highest BCUT2D eigenvalue weighted by atomic mass is 32.2. The van der Waals surface area contributed by atoms with Gasteiger partial charge in [0.2, 0.25) is 5.16 Å². The zero-order valence-electron chi connectivity index (χ0n) is 22.0. The number of benzene rings is 1. The van der Waals surface area contributed by atoms with Crippen LogP contribution in [0.4, 0.5) is 10.5 Å². The summed E-state index contributed by atoms with van der Waals surface area (Å²) in [6.07, 6.45) is 7.28. The van der Waals surface area contributed by atoms with Gasteiger partial charge in [-0.25, -0.2) is 23.2 Å². The lowest BCUT2D eigenvalue weighted by Gasteiger charge is -2.42. The Balaban J connectivity index is 1.51. The molecular formula is C26H32N8O4S. The Morgan fingerprint density at radius 3 is 2.62 bits per heavy atom. The van der Waals surface area contributed by atoms with Crippen LogP contribution in [0.15, 0.2) is 48.3 Å². The third-order valence-electron chi connectivity index (χ3n) is 7.75. The number of aromatic nitrogens is 4. The van der Waals surface area contributed by atoms with Crippen molar-refractivity contribution in [3.8, 4) is 6.07 Å². The van der Waals surface area contributed by atoms with E-state index in [-0.39, 0.29) is 17.6 Å². The van der Waals surface area contributed by atoms with Gasteiger partial charge >= 0.3 is 6.09 Å². The van der Waals surface area contributed by atoms with Crippen molar-refractivity contribution in [2.75, 3.05) is 31.1 Å². The summed E-state index contributed by atoms with van der Waals surface area (Å²) in [5, 5.41) is 18.9. The monoisotopic (exact) mass is 552 g/mol. The maximum atomic E-state index is 14.1. The molecule has 0 bridgehead atoms. The number of carboxylic acid groups (broad SMARTS) is 1. The van der Waals surface area contributed by atoms with E-state index < -0.39 is 22.2 Å². The summed E-state index contributed by atoms with van der Waals surface area (Å²) in [5.41, 5.74) is 3.38. The van der Waals surface area contributed by atoms with Crippen LogP contribution in [0.25, 0.3) is 0 Å². The molecule has 2 aliphatic rings. The van der Waals surface area contributed by atoms with Crippen molar-refractivity contribution in [2.24, 2.45) is 20.0 Å². The van der Waals surface area contributed by atoms with Crippen LogP contribution in [-0.2, 0) is 37.1 Å². The van der Waals surface area contributed by atoms with Crippen molar-refractivity contribution in [2.45, 2.75) is 37.0 Å². The minimum absolute atomic E-state index is 0.00741. The molecule has 1 amide bonds. The Morgan fingerprint density at radius 1 is 1.23 bits per heavy atom. The SMILES string of the molecule is Cn1cncc1CN1CC(N(CC2CCN(C(=O)O)CC2)S(=O)(=O)c2nccn2C)Cc2cc(C#N)ccc21. The highest BCUT2D eigenvalue weighted by molar-refractivity contribution is 7.89. The van der Waals surface area contributed by atoms with E-state index in [4.69, 9.17) is 0 Å². The van der Waals surface area contributed by atoms with Gasteiger partial charge in [-0.1, -0.05) is 0 Å². The van der Waals surface area contributed by atoms with Crippen LogP contribution >= 0.6 is 0 Å².